The zero-order valence-corrected chi connectivity index (χ0v) is 31.0. The number of aliphatic carboxylic acids is 1. The molecule has 0 aliphatic rings. The SMILES string of the molecule is CCNC(=O)COCCOCCNC(=O)COCCOCCCC(=O)CC[C@H](NC(=O)CCCCCCCCCOc1ccc(C(=O)O)cc1)C(=O)O. The van der Waals surface area contributed by atoms with Crippen LogP contribution in [0, 0.1) is 0 Å². The number of rotatable bonds is 35. The van der Waals surface area contributed by atoms with Gasteiger partial charge >= 0.3 is 11.9 Å². The molecule has 16 heteroatoms. The number of nitrogens with one attached hydrogen (secondary N) is 3. The Hall–Kier alpha value is -4.12. The van der Waals surface area contributed by atoms with Crippen molar-refractivity contribution in [1.29, 1.82) is 0 Å². The number of Topliss-reactive ketones (excluding diaryl/α,β-unsaturated/α-hetero) is 1. The highest BCUT2D eigenvalue weighted by molar-refractivity contribution is 5.87. The first-order valence-electron chi connectivity index (χ1n) is 18.5. The van der Waals surface area contributed by atoms with Gasteiger partial charge in [-0.15, -0.1) is 0 Å². The summed E-state index contributed by atoms with van der Waals surface area (Å²) in [5, 5.41) is 26.2. The molecule has 1 atom stereocenters. The van der Waals surface area contributed by atoms with E-state index in [4.69, 9.17) is 28.8 Å². The van der Waals surface area contributed by atoms with Crippen molar-refractivity contribution < 1.29 is 62.7 Å². The molecule has 0 saturated heterocycles. The number of carboxylic acid groups (broad SMARTS) is 2. The van der Waals surface area contributed by atoms with Gasteiger partial charge in [0.25, 0.3) is 0 Å². The number of amides is 3. The molecular formula is C37H59N3O13. The molecule has 3 amide bonds. The normalized spacial score (nSPS) is 11.4. The number of benzene rings is 1. The molecule has 53 heavy (non-hydrogen) atoms. The van der Waals surface area contributed by atoms with Crippen LogP contribution >= 0.6 is 0 Å². The van der Waals surface area contributed by atoms with Gasteiger partial charge < -0.3 is 49.8 Å². The number of carbonyl (C=O) groups excluding carboxylic acids is 4. The molecule has 5 N–H and O–H groups in total. The minimum absolute atomic E-state index is 0.0202. The zero-order chi connectivity index (χ0) is 38.9. The van der Waals surface area contributed by atoms with Gasteiger partial charge in [0, 0.05) is 39.0 Å². The maximum Gasteiger partial charge on any atom is 0.335 e. The van der Waals surface area contributed by atoms with Gasteiger partial charge in [0.2, 0.25) is 17.7 Å². The molecule has 0 aromatic heterocycles. The Morgan fingerprint density at radius 1 is 0.604 bits per heavy atom. The Balaban J connectivity index is 1.96. The first-order chi connectivity index (χ1) is 25.6. The molecule has 300 valence electrons. The molecule has 0 radical (unpaired) electrons. The Morgan fingerprint density at radius 2 is 1.19 bits per heavy atom. The smallest absolute Gasteiger partial charge is 0.335 e. The van der Waals surface area contributed by atoms with Gasteiger partial charge in [0.1, 0.15) is 30.8 Å². The predicted octanol–water partition coefficient (Wildman–Crippen LogP) is 2.90. The summed E-state index contributed by atoms with van der Waals surface area (Å²) >= 11 is 0. The van der Waals surface area contributed by atoms with Crippen molar-refractivity contribution in [1.82, 2.24) is 16.0 Å². The van der Waals surface area contributed by atoms with Crippen molar-refractivity contribution in [2.45, 2.75) is 90.0 Å². The van der Waals surface area contributed by atoms with E-state index in [0.717, 1.165) is 38.5 Å². The van der Waals surface area contributed by atoms with Crippen molar-refractivity contribution in [2.75, 3.05) is 72.6 Å². The Morgan fingerprint density at radius 3 is 1.81 bits per heavy atom. The number of likely N-dealkylation sites (N-methyl/N-ethyl adjacent to an activating group) is 1. The number of ether oxygens (including phenoxy) is 5. The molecule has 0 saturated carbocycles. The summed E-state index contributed by atoms with van der Waals surface area (Å²) in [6, 6.07) is 5.19. The van der Waals surface area contributed by atoms with Crippen LogP contribution in [0.4, 0.5) is 0 Å². The van der Waals surface area contributed by atoms with Crippen LogP contribution in [-0.2, 0) is 42.9 Å². The molecule has 0 spiro atoms. The minimum Gasteiger partial charge on any atom is -0.494 e. The van der Waals surface area contributed by atoms with Crippen molar-refractivity contribution in [3.63, 3.8) is 0 Å². The van der Waals surface area contributed by atoms with Crippen molar-refractivity contribution >= 4 is 35.4 Å². The number of aromatic carboxylic acids is 1. The number of carbonyl (C=O) groups is 6. The van der Waals surface area contributed by atoms with Crippen LogP contribution in [0.3, 0.4) is 0 Å². The summed E-state index contributed by atoms with van der Waals surface area (Å²) in [4.78, 5) is 70.1. The Kier molecular flexibility index (Phi) is 27.8. The highest BCUT2D eigenvalue weighted by Crippen LogP contribution is 2.14. The number of ketones is 1. The van der Waals surface area contributed by atoms with Gasteiger partial charge in [-0.05, 0) is 56.9 Å². The average molecular weight is 754 g/mol. The summed E-state index contributed by atoms with van der Waals surface area (Å²) < 4.78 is 26.8. The van der Waals surface area contributed by atoms with Gasteiger partial charge in [0.05, 0.1) is 45.2 Å². The quantitative estimate of drug-likeness (QED) is 0.0630. The number of hydrogen-bond donors (Lipinski definition) is 5. The number of unbranched alkanes of at least 4 members (excludes halogenated alkanes) is 6. The third-order valence-corrected chi connectivity index (χ3v) is 7.66. The summed E-state index contributed by atoms with van der Waals surface area (Å²) in [5.74, 6) is -2.43. The molecule has 1 aromatic rings. The summed E-state index contributed by atoms with van der Waals surface area (Å²) in [7, 11) is 0. The highest BCUT2D eigenvalue weighted by Gasteiger charge is 2.20. The van der Waals surface area contributed by atoms with Gasteiger partial charge in [0.15, 0.2) is 0 Å². The molecule has 0 unspecified atom stereocenters. The fourth-order valence-corrected chi connectivity index (χ4v) is 4.81. The molecule has 0 fully saturated rings. The van der Waals surface area contributed by atoms with Crippen molar-refractivity contribution in [2.24, 2.45) is 0 Å². The van der Waals surface area contributed by atoms with E-state index < -0.39 is 18.0 Å². The molecule has 0 bridgehead atoms. The summed E-state index contributed by atoms with van der Waals surface area (Å²) in [5.41, 5.74) is 0.219. The van der Waals surface area contributed by atoms with E-state index in [1.807, 2.05) is 6.92 Å². The van der Waals surface area contributed by atoms with E-state index in [1.165, 1.54) is 12.1 Å². The molecule has 0 heterocycles. The third-order valence-electron chi connectivity index (χ3n) is 7.66. The lowest BCUT2D eigenvalue weighted by atomic mass is 10.1. The zero-order valence-electron chi connectivity index (χ0n) is 31.0. The second-order valence-electron chi connectivity index (χ2n) is 12.2. The third kappa shape index (κ3) is 27.2. The number of hydrogen-bond acceptors (Lipinski definition) is 11. The molecular weight excluding hydrogens is 694 g/mol. The predicted molar refractivity (Wildman–Crippen MR) is 194 cm³/mol. The highest BCUT2D eigenvalue weighted by atomic mass is 16.5. The molecule has 0 aliphatic carbocycles. The summed E-state index contributed by atoms with van der Waals surface area (Å²) in [6.07, 6.45) is 7.38. The fraction of sp³-hybridized carbons (Fsp3) is 0.676. The minimum atomic E-state index is -1.17. The Labute approximate surface area is 312 Å². The fourth-order valence-electron chi connectivity index (χ4n) is 4.81. The van der Waals surface area contributed by atoms with E-state index >= 15 is 0 Å². The van der Waals surface area contributed by atoms with Crippen molar-refractivity contribution in [3.8, 4) is 5.75 Å². The molecule has 1 rings (SSSR count). The van der Waals surface area contributed by atoms with E-state index in [2.05, 4.69) is 16.0 Å². The van der Waals surface area contributed by atoms with Crippen LogP contribution < -0.4 is 20.7 Å². The largest absolute Gasteiger partial charge is 0.494 e. The first-order valence-corrected chi connectivity index (χ1v) is 18.5. The topological polar surface area (TPSA) is 225 Å². The molecule has 16 nitrogen and oxygen atoms in total. The lowest BCUT2D eigenvalue weighted by molar-refractivity contribution is -0.142. The second-order valence-corrected chi connectivity index (χ2v) is 12.2. The monoisotopic (exact) mass is 753 g/mol. The lowest BCUT2D eigenvalue weighted by Crippen LogP contribution is -2.41. The van der Waals surface area contributed by atoms with Gasteiger partial charge in [-0.25, -0.2) is 9.59 Å². The van der Waals surface area contributed by atoms with E-state index in [-0.39, 0.29) is 87.8 Å². The van der Waals surface area contributed by atoms with Crippen LogP contribution in [0.15, 0.2) is 24.3 Å². The Bertz CT molecular complexity index is 1200. The summed E-state index contributed by atoms with van der Waals surface area (Å²) in [6.45, 7) is 4.72. The van der Waals surface area contributed by atoms with Gasteiger partial charge in [-0.3, -0.25) is 19.2 Å². The lowest BCUT2D eigenvalue weighted by Gasteiger charge is -2.14. The van der Waals surface area contributed by atoms with Crippen molar-refractivity contribution in [3.05, 3.63) is 29.8 Å². The maximum absolute atomic E-state index is 12.3. The van der Waals surface area contributed by atoms with Crippen LogP contribution in [0.5, 0.6) is 5.75 Å². The molecule has 1 aromatic carbocycles. The van der Waals surface area contributed by atoms with Crippen LogP contribution in [-0.4, -0.2) is 124 Å². The van der Waals surface area contributed by atoms with E-state index in [9.17, 15) is 33.9 Å². The second kappa shape index (κ2) is 31.4. The number of carboxylic acids is 2. The molecule has 0 aliphatic heterocycles. The van der Waals surface area contributed by atoms with Gasteiger partial charge in [-0.1, -0.05) is 32.1 Å². The van der Waals surface area contributed by atoms with Crippen LogP contribution in [0.25, 0.3) is 0 Å². The average Bonchev–Trinajstić information content (AvgIpc) is 3.13. The first kappa shape index (κ1) is 46.9. The maximum atomic E-state index is 12.3. The van der Waals surface area contributed by atoms with E-state index in [0.29, 0.717) is 58.1 Å². The standard InChI is InChI=1S/C37H59N3O13/c1-2-38-34(43)27-51-26-24-50-22-19-39-35(44)28-52-25-23-49-20-10-11-30(41)15-18-32(37(47)48)40-33(42)12-8-6-4-3-5-7-9-21-53-31-16-13-29(14-17-31)36(45)46/h13-14,16-17,32H,2-12,15,18-28H2,1H3,(H,38,43)(H,39,44)(H,40,42)(H,45,46)(H,47,48)/t32-/m0/s1. The van der Waals surface area contributed by atoms with E-state index in [1.54, 1.807) is 12.1 Å². The van der Waals surface area contributed by atoms with Crippen LogP contribution in [0.1, 0.15) is 94.3 Å². The van der Waals surface area contributed by atoms with Gasteiger partial charge in [-0.2, -0.15) is 0 Å². The van der Waals surface area contributed by atoms with Crippen LogP contribution in [0.2, 0.25) is 0 Å².